The molecule has 2 heteroatoms. The molecule has 0 spiro atoms. The average Bonchev–Trinajstić information content (AvgIpc) is 2.41. The van der Waals surface area contributed by atoms with Crippen molar-refractivity contribution in [2.24, 2.45) is 0 Å². The highest BCUT2D eigenvalue weighted by molar-refractivity contribution is 5.49. The first kappa shape index (κ1) is 12.0. The molecule has 1 fully saturated rings. The molecule has 0 aliphatic heterocycles. The van der Waals surface area contributed by atoms with Crippen LogP contribution >= 0.6 is 0 Å². The van der Waals surface area contributed by atoms with Gasteiger partial charge in [-0.25, -0.2) is 0 Å². The molecule has 2 rings (SSSR count). The fourth-order valence-electron chi connectivity index (χ4n) is 2.15. The molecule has 0 atom stereocenters. The van der Waals surface area contributed by atoms with Gasteiger partial charge in [-0.2, -0.15) is 0 Å². The van der Waals surface area contributed by atoms with Crippen LogP contribution < -0.4 is 4.74 Å². The van der Waals surface area contributed by atoms with Crippen LogP contribution in [0.15, 0.2) is 30.5 Å². The minimum atomic E-state index is 0.429. The van der Waals surface area contributed by atoms with Crippen molar-refractivity contribution in [1.82, 2.24) is 0 Å². The third-order valence-electron chi connectivity index (χ3n) is 3.20. The SMILES string of the molecule is COc1ccc(C=COC2CCCCC2)cc1. The normalized spacial score (nSPS) is 17.2. The van der Waals surface area contributed by atoms with E-state index in [0.717, 1.165) is 11.3 Å². The van der Waals surface area contributed by atoms with Crippen LogP contribution in [0.3, 0.4) is 0 Å². The molecule has 0 aromatic heterocycles. The number of methoxy groups -OCH3 is 1. The maximum absolute atomic E-state index is 5.73. The predicted molar refractivity (Wildman–Crippen MR) is 70.0 cm³/mol. The van der Waals surface area contributed by atoms with Crippen molar-refractivity contribution < 1.29 is 9.47 Å². The summed E-state index contributed by atoms with van der Waals surface area (Å²) >= 11 is 0. The summed E-state index contributed by atoms with van der Waals surface area (Å²) in [5.74, 6) is 0.885. The van der Waals surface area contributed by atoms with Crippen LogP contribution in [0.5, 0.6) is 5.75 Å². The Hall–Kier alpha value is -1.44. The molecule has 0 amide bonds. The summed E-state index contributed by atoms with van der Waals surface area (Å²) in [5.41, 5.74) is 1.14. The van der Waals surface area contributed by atoms with E-state index in [1.54, 1.807) is 7.11 Å². The third-order valence-corrected chi connectivity index (χ3v) is 3.20. The van der Waals surface area contributed by atoms with Gasteiger partial charge in [-0.15, -0.1) is 0 Å². The monoisotopic (exact) mass is 232 g/mol. The standard InChI is InChI=1S/C15H20O2/c1-16-14-9-7-13(8-10-14)11-12-17-15-5-3-2-4-6-15/h7-12,15H,2-6H2,1H3. The van der Waals surface area contributed by atoms with Gasteiger partial charge in [0.15, 0.2) is 0 Å². The van der Waals surface area contributed by atoms with Crippen molar-refractivity contribution in [1.29, 1.82) is 0 Å². The highest BCUT2D eigenvalue weighted by atomic mass is 16.5. The highest BCUT2D eigenvalue weighted by Crippen LogP contribution is 2.20. The second-order valence-electron chi connectivity index (χ2n) is 4.47. The van der Waals surface area contributed by atoms with Crippen molar-refractivity contribution >= 4 is 6.08 Å². The summed E-state index contributed by atoms with van der Waals surface area (Å²) in [5, 5.41) is 0. The molecule has 0 N–H and O–H groups in total. The van der Waals surface area contributed by atoms with Crippen molar-refractivity contribution in [2.45, 2.75) is 38.2 Å². The molecular weight excluding hydrogens is 212 g/mol. The van der Waals surface area contributed by atoms with Gasteiger partial charge >= 0.3 is 0 Å². The van der Waals surface area contributed by atoms with E-state index in [1.807, 2.05) is 36.6 Å². The maximum atomic E-state index is 5.73. The second-order valence-corrected chi connectivity index (χ2v) is 4.47. The smallest absolute Gasteiger partial charge is 0.118 e. The first-order valence-electron chi connectivity index (χ1n) is 6.34. The lowest BCUT2D eigenvalue weighted by molar-refractivity contribution is 0.108. The third kappa shape index (κ3) is 3.81. The summed E-state index contributed by atoms with van der Waals surface area (Å²) in [4.78, 5) is 0. The quantitative estimate of drug-likeness (QED) is 0.730. The van der Waals surface area contributed by atoms with Crippen molar-refractivity contribution in [3.63, 3.8) is 0 Å². The second kappa shape index (κ2) is 6.33. The zero-order chi connectivity index (χ0) is 11.9. The zero-order valence-electron chi connectivity index (χ0n) is 10.4. The Morgan fingerprint density at radius 1 is 1.06 bits per heavy atom. The molecule has 0 unspecified atom stereocenters. The van der Waals surface area contributed by atoms with Gasteiger partial charge in [0.1, 0.15) is 5.75 Å². The van der Waals surface area contributed by atoms with E-state index in [0.29, 0.717) is 6.10 Å². The number of hydrogen-bond donors (Lipinski definition) is 0. The summed E-state index contributed by atoms with van der Waals surface area (Å²) in [6, 6.07) is 7.97. The molecule has 0 bridgehead atoms. The molecule has 92 valence electrons. The summed E-state index contributed by atoms with van der Waals surface area (Å²) in [7, 11) is 1.68. The van der Waals surface area contributed by atoms with Crippen LogP contribution in [-0.4, -0.2) is 13.2 Å². The van der Waals surface area contributed by atoms with Crippen LogP contribution in [0.25, 0.3) is 6.08 Å². The largest absolute Gasteiger partial charge is 0.498 e. The van der Waals surface area contributed by atoms with Gasteiger partial charge in [-0.3, -0.25) is 0 Å². The van der Waals surface area contributed by atoms with E-state index in [2.05, 4.69) is 0 Å². The lowest BCUT2D eigenvalue weighted by Crippen LogP contribution is -2.13. The molecule has 1 aliphatic carbocycles. The van der Waals surface area contributed by atoms with Gasteiger partial charge in [0.05, 0.1) is 19.5 Å². The van der Waals surface area contributed by atoms with E-state index in [-0.39, 0.29) is 0 Å². The summed E-state index contributed by atoms with van der Waals surface area (Å²) < 4.78 is 10.8. The van der Waals surface area contributed by atoms with Crippen LogP contribution in [0.1, 0.15) is 37.7 Å². The first-order chi connectivity index (χ1) is 8.38. The minimum absolute atomic E-state index is 0.429. The van der Waals surface area contributed by atoms with Gasteiger partial charge in [0, 0.05) is 0 Å². The number of hydrogen-bond acceptors (Lipinski definition) is 2. The zero-order valence-corrected chi connectivity index (χ0v) is 10.4. The minimum Gasteiger partial charge on any atom is -0.498 e. The van der Waals surface area contributed by atoms with Crippen LogP contribution in [0.2, 0.25) is 0 Å². The fourth-order valence-corrected chi connectivity index (χ4v) is 2.15. The van der Waals surface area contributed by atoms with Gasteiger partial charge in [-0.05, 0) is 49.5 Å². The lowest BCUT2D eigenvalue weighted by atomic mass is 9.98. The molecule has 17 heavy (non-hydrogen) atoms. The Morgan fingerprint density at radius 3 is 2.41 bits per heavy atom. The number of ether oxygens (including phenoxy) is 2. The van der Waals surface area contributed by atoms with Crippen LogP contribution in [0.4, 0.5) is 0 Å². The summed E-state index contributed by atoms with van der Waals surface area (Å²) in [6.07, 6.45) is 10.6. The highest BCUT2D eigenvalue weighted by Gasteiger charge is 2.12. The molecule has 0 heterocycles. The Morgan fingerprint density at radius 2 is 1.76 bits per heavy atom. The van der Waals surface area contributed by atoms with Crippen LogP contribution in [0, 0.1) is 0 Å². The van der Waals surface area contributed by atoms with E-state index in [9.17, 15) is 0 Å². The molecule has 1 aromatic rings. The van der Waals surface area contributed by atoms with Crippen molar-refractivity contribution in [3.05, 3.63) is 36.1 Å². The van der Waals surface area contributed by atoms with Gasteiger partial charge in [-0.1, -0.05) is 18.6 Å². The lowest BCUT2D eigenvalue weighted by Gasteiger charge is -2.20. The number of rotatable bonds is 4. The predicted octanol–water partition coefficient (Wildman–Crippen LogP) is 4.02. The van der Waals surface area contributed by atoms with Crippen LogP contribution in [-0.2, 0) is 4.74 Å². The van der Waals surface area contributed by atoms with Gasteiger partial charge in [0.25, 0.3) is 0 Å². The van der Waals surface area contributed by atoms with E-state index < -0.39 is 0 Å². The van der Waals surface area contributed by atoms with Crippen molar-refractivity contribution in [2.75, 3.05) is 7.11 Å². The molecule has 1 aromatic carbocycles. The Bertz CT molecular complexity index is 348. The Labute approximate surface area is 103 Å². The Balaban J connectivity index is 1.82. The average molecular weight is 232 g/mol. The van der Waals surface area contributed by atoms with Gasteiger partial charge in [0.2, 0.25) is 0 Å². The number of benzene rings is 1. The molecular formula is C15H20O2. The topological polar surface area (TPSA) is 18.5 Å². The summed E-state index contributed by atoms with van der Waals surface area (Å²) in [6.45, 7) is 0. The molecule has 0 saturated heterocycles. The van der Waals surface area contributed by atoms with E-state index >= 15 is 0 Å². The van der Waals surface area contributed by atoms with Gasteiger partial charge < -0.3 is 9.47 Å². The Kier molecular flexibility index (Phi) is 4.48. The van der Waals surface area contributed by atoms with E-state index in [1.165, 1.54) is 32.1 Å². The maximum Gasteiger partial charge on any atom is 0.118 e. The van der Waals surface area contributed by atoms with E-state index in [4.69, 9.17) is 9.47 Å². The molecule has 1 saturated carbocycles. The molecule has 2 nitrogen and oxygen atoms in total. The molecule has 1 aliphatic rings. The molecule has 0 radical (unpaired) electrons. The first-order valence-corrected chi connectivity index (χ1v) is 6.34. The van der Waals surface area contributed by atoms with Crippen molar-refractivity contribution in [3.8, 4) is 5.75 Å². The fraction of sp³-hybridized carbons (Fsp3) is 0.467.